The van der Waals surface area contributed by atoms with Gasteiger partial charge in [-0.1, -0.05) is 60.7 Å². The molecule has 5 aromatic rings. The first-order chi connectivity index (χ1) is 19.4. The van der Waals surface area contributed by atoms with Crippen molar-refractivity contribution in [2.24, 2.45) is 0 Å². The molecule has 0 aliphatic heterocycles. The summed E-state index contributed by atoms with van der Waals surface area (Å²) in [6.45, 7) is 0. The second-order valence-corrected chi connectivity index (χ2v) is 10.6. The average Bonchev–Trinajstić information content (AvgIpc) is 3.58. The Hall–Kier alpha value is -4.44. The number of nitrogens with zero attached hydrogens (tertiary/aromatic N) is 3. The molecule has 0 saturated carbocycles. The van der Waals surface area contributed by atoms with Crippen LogP contribution in [0.4, 0.5) is 13.8 Å². The number of methoxy groups -OCH3 is 1. The highest BCUT2D eigenvalue weighted by Gasteiger charge is 2.31. The number of halogens is 2. The van der Waals surface area contributed by atoms with Crippen molar-refractivity contribution in [1.29, 1.82) is 0 Å². The molecular formula is C30H24F2N4O3S. The fraction of sp³-hybridized carbons (Fsp3) is 0.200. The molecule has 2 aromatic carbocycles. The van der Waals surface area contributed by atoms with Crippen LogP contribution in [0.15, 0.2) is 72.9 Å². The zero-order chi connectivity index (χ0) is 27.8. The zero-order valence-corrected chi connectivity index (χ0v) is 22.3. The number of hydrogen-bond acceptors (Lipinski definition) is 6. The minimum atomic E-state index is -2.84. The van der Waals surface area contributed by atoms with E-state index in [1.165, 1.54) is 36.3 Å². The van der Waals surface area contributed by atoms with Crippen LogP contribution in [0.5, 0.6) is 0 Å². The summed E-state index contributed by atoms with van der Waals surface area (Å²) in [6, 6.07) is 20.4. The maximum absolute atomic E-state index is 14.0. The van der Waals surface area contributed by atoms with Crippen molar-refractivity contribution in [3.63, 3.8) is 0 Å². The smallest absolute Gasteiger partial charge is 0.341 e. The minimum Gasteiger partial charge on any atom is -0.465 e. The second-order valence-electron chi connectivity index (χ2n) is 9.53. The predicted molar refractivity (Wildman–Crippen MR) is 148 cm³/mol. The van der Waals surface area contributed by atoms with Crippen molar-refractivity contribution in [3.8, 4) is 11.3 Å². The van der Waals surface area contributed by atoms with Gasteiger partial charge >= 0.3 is 5.97 Å². The summed E-state index contributed by atoms with van der Waals surface area (Å²) >= 11 is 1.34. The van der Waals surface area contributed by atoms with Gasteiger partial charge in [0.05, 0.1) is 24.6 Å². The number of rotatable bonds is 6. The summed E-state index contributed by atoms with van der Waals surface area (Å²) < 4.78 is 34.0. The number of carbonyl (C=O) groups is 2. The Morgan fingerprint density at radius 2 is 1.82 bits per heavy atom. The number of benzene rings is 2. The van der Waals surface area contributed by atoms with Crippen LogP contribution >= 0.6 is 11.3 Å². The molecule has 1 aliphatic rings. The second kappa shape index (κ2) is 10.6. The molecule has 3 heterocycles. The van der Waals surface area contributed by atoms with Gasteiger partial charge < -0.3 is 10.1 Å². The highest BCUT2D eigenvalue weighted by atomic mass is 32.1. The van der Waals surface area contributed by atoms with Crippen molar-refractivity contribution in [2.75, 3.05) is 12.4 Å². The molecule has 0 unspecified atom stereocenters. The number of esters is 1. The van der Waals surface area contributed by atoms with Crippen LogP contribution in [0.1, 0.15) is 61.2 Å². The van der Waals surface area contributed by atoms with Crippen LogP contribution in [-0.4, -0.2) is 33.6 Å². The Morgan fingerprint density at radius 1 is 1.10 bits per heavy atom. The highest BCUT2D eigenvalue weighted by molar-refractivity contribution is 7.17. The number of anilines is 1. The lowest BCUT2D eigenvalue weighted by Crippen LogP contribution is -2.16. The lowest BCUT2D eigenvalue weighted by atomic mass is 9.83. The molecule has 0 spiro atoms. The average molecular weight is 559 g/mol. The topological polar surface area (TPSA) is 85.6 Å². The third-order valence-corrected chi connectivity index (χ3v) is 8.36. The summed E-state index contributed by atoms with van der Waals surface area (Å²) in [4.78, 5) is 31.9. The van der Waals surface area contributed by atoms with Crippen molar-refractivity contribution in [1.82, 2.24) is 14.6 Å². The summed E-state index contributed by atoms with van der Waals surface area (Å²) in [5.74, 6) is -0.832. The van der Waals surface area contributed by atoms with Crippen LogP contribution < -0.4 is 5.32 Å². The normalized spacial score (nSPS) is 14.8. The van der Waals surface area contributed by atoms with Crippen LogP contribution in [-0.2, 0) is 17.6 Å². The molecule has 1 amide bonds. The van der Waals surface area contributed by atoms with Crippen LogP contribution in [0.2, 0.25) is 0 Å². The van der Waals surface area contributed by atoms with Gasteiger partial charge in [-0.25, -0.2) is 23.1 Å². The van der Waals surface area contributed by atoms with Gasteiger partial charge in [0.1, 0.15) is 16.3 Å². The molecule has 7 nitrogen and oxygen atoms in total. The molecule has 0 fully saturated rings. The molecule has 0 bridgehead atoms. The van der Waals surface area contributed by atoms with E-state index in [-0.39, 0.29) is 16.9 Å². The largest absolute Gasteiger partial charge is 0.465 e. The molecule has 1 N–H and O–H groups in total. The van der Waals surface area contributed by atoms with Gasteiger partial charge in [0.15, 0.2) is 5.65 Å². The van der Waals surface area contributed by atoms with E-state index in [1.54, 1.807) is 24.3 Å². The first-order valence-electron chi connectivity index (χ1n) is 12.8. The maximum Gasteiger partial charge on any atom is 0.341 e. The van der Waals surface area contributed by atoms with E-state index in [9.17, 15) is 18.4 Å². The van der Waals surface area contributed by atoms with E-state index in [0.717, 1.165) is 27.8 Å². The van der Waals surface area contributed by atoms with Gasteiger partial charge in [-0.3, -0.25) is 4.79 Å². The fourth-order valence-electron chi connectivity index (χ4n) is 5.23. The van der Waals surface area contributed by atoms with Gasteiger partial charge in [0.2, 0.25) is 0 Å². The number of amides is 1. The molecule has 202 valence electrons. The first-order valence-corrected chi connectivity index (χ1v) is 13.6. The van der Waals surface area contributed by atoms with Gasteiger partial charge in [-0.2, -0.15) is 5.10 Å². The van der Waals surface area contributed by atoms with Gasteiger partial charge in [-0.15, -0.1) is 11.3 Å². The minimum absolute atomic E-state index is 0.000711. The molecule has 6 rings (SSSR count). The van der Waals surface area contributed by atoms with Crippen molar-refractivity contribution in [3.05, 3.63) is 106 Å². The molecule has 40 heavy (non-hydrogen) atoms. The first kappa shape index (κ1) is 25.8. The number of thiophene rings is 1. The van der Waals surface area contributed by atoms with Gasteiger partial charge in [0, 0.05) is 10.4 Å². The number of hydrogen-bond donors (Lipinski definition) is 1. The number of nitrogens with one attached hydrogen (secondary N) is 1. The monoisotopic (exact) mass is 558 g/mol. The van der Waals surface area contributed by atoms with Crippen molar-refractivity contribution < 1.29 is 23.1 Å². The third-order valence-electron chi connectivity index (χ3n) is 7.19. The zero-order valence-electron chi connectivity index (χ0n) is 21.4. The van der Waals surface area contributed by atoms with E-state index < -0.39 is 18.3 Å². The summed E-state index contributed by atoms with van der Waals surface area (Å²) in [5.41, 5.74) is 3.01. The van der Waals surface area contributed by atoms with Crippen molar-refractivity contribution in [2.45, 2.75) is 31.6 Å². The fourth-order valence-corrected chi connectivity index (χ4v) is 6.54. The summed E-state index contributed by atoms with van der Waals surface area (Å²) in [5, 5.41) is 7.25. The van der Waals surface area contributed by atoms with Crippen LogP contribution in [0, 0.1) is 0 Å². The molecule has 1 atom stereocenters. The molecular weight excluding hydrogens is 534 g/mol. The lowest BCUT2D eigenvalue weighted by Gasteiger charge is -2.22. The number of aromatic nitrogens is 3. The Kier molecular flexibility index (Phi) is 6.85. The Morgan fingerprint density at radius 3 is 2.52 bits per heavy atom. The van der Waals surface area contributed by atoms with Gasteiger partial charge in [-0.05, 0) is 42.4 Å². The van der Waals surface area contributed by atoms with E-state index in [4.69, 9.17) is 4.74 Å². The maximum atomic E-state index is 14.0. The predicted octanol–water partition coefficient (Wildman–Crippen LogP) is 6.71. The Labute approximate surface area is 232 Å². The molecule has 10 heteroatoms. The summed E-state index contributed by atoms with van der Waals surface area (Å²) in [6.07, 6.45) is 0.649. The van der Waals surface area contributed by atoms with Crippen LogP contribution in [0.25, 0.3) is 16.9 Å². The van der Waals surface area contributed by atoms with E-state index in [0.29, 0.717) is 34.2 Å². The van der Waals surface area contributed by atoms with E-state index in [2.05, 4.69) is 27.5 Å². The third kappa shape index (κ3) is 4.64. The molecule has 1 aliphatic carbocycles. The SMILES string of the molecule is COC(=O)c1c(NC(=O)c2cnn3c(C(F)F)cc(-c4ccccc4)nc23)sc2c1CC[C@H](c1ccccc1)C2. The molecule has 3 aromatic heterocycles. The summed E-state index contributed by atoms with van der Waals surface area (Å²) in [7, 11) is 1.31. The highest BCUT2D eigenvalue weighted by Crippen LogP contribution is 2.43. The van der Waals surface area contributed by atoms with Crippen molar-refractivity contribution >= 4 is 33.9 Å². The quantitative estimate of drug-likeness (QED) is 0.234. The van der Waals surface area contributed by atoms with Crippen LogP contribution in [0.3, 0.4) is 0 Å². The Balaban J connectivity index is 1.37. The van der Waals surface area contributed by atoms with E-state index >= 15 is 0 Å². The van der Waals surface area contributed by atoms with Gasteiger partial charge in [0.25, 0.3) is 12.3 Å². The number of ether oxygens (including phenoxy) is 1. The lowest BCUT2D eigenvalue weighted by molar-refractivity contribution is 0.0601. The number of carbonyl (C=O) groups excluding carboxylic acids is 2. The molecule has 0 saturated heterocycles. The van der Waals surface area contributed by atoms with E-state index in [1.807, 2.05) is 24.3 Å². The molecule has 0 radical (unpaired) electrons. The number of fused-ring (bicyclic) bond motifs is 2. The Bertz CT molecular complexity index is 1720. The standard InChI is InChI=1S/C30H24F2N4O3S/c1-39-30(38)25-20-13-12-19(17-8-4-2-5-9-17)14-24(20)40-29(25)35-28(37)21-16-33-36-23(26(31)32)15-22(34-27(21)36)18-10-6-3-7-11-18/h2-11,15-16,19,26H,12-14H2,1H3,(H,35,37)/t19-/m0/s1. The number of alkyl halides is 2.